The zero-order valence-corrected chi connectivity index (χ0v) is 12.1. The van der Waals surface area contributed by atoms with Crippen molar-refractivity contribution >= 4 is 5.97 Å². The number of methoxy groups -OCH3 is 1. The molecule has 0 amide bonds. The zero-order chi connectivity index (χ0) is 13.5. The van der Waals surface area contributed by atoms with E-state index in [1.165, 1.54) is 7.11 Å². The van der Waals surface area contributed by atoms with E-state index in [2.05, 4.69) is 29.1 Å². The summed E-state index contributed by atoms with van der Waals surface area (Å²) in [6.07, 6.45) is 0. The van der Waals surface area contributed by atoms with Crippen LogP contribution in [0.15, 0.2) is 0 Å². The Morgan fingerprint density at radius 2 is 2.00 bits per heavy atom. The van der Waals surface area contributed by atoms with Crippen molar-refractivity contribution in [3.8, 4) is 0 Å². The first-order valence-electron chi connectivity index (χ1n) is 6.77. The van der Waals surface area contributed by atoms with Gasteiger partial charge in [0.1, 0.15) is 0 Å². The van der Waals surface area contributed by atoms with E-state index in [9.17, 15) is 4.79 Å². The van der Waals surface area contributed by atoms with Crippen LogP contribution in [0.5, 0.6) is 0 Å². The third kappa shape index (κ3) is 4.55. The molecule has 5 nitrogen and oxygen atoms in total. The van der Waals surface area contributed by atoms with Crippen molar-refractivity contribution in [2.45, 2.75) is 19.9 Å². The summed E-state index contributed by atoms with van der Waals surface area (Å²) < 4.78 is 4.79. The summed E-state index contributed by atoms with van der Waals surface area (Å²) in [5.74, 6) is -0.209. The maximum atomic E-state index is 11.5. The largest absolute Gasteiger partial charge is 0.469 e. The van der Waals surface area contributed by atoms with Gasteiger partial charge in [0, 0.05) is 45.3 Å². The molecule has 1 N–H and O–H groups in total. The summed E-state index contributed by atoms with van der Waals surface area (Å²) in [4.78, 5) is 16.2. The van der Waals surface area contributed by atoms with E-state index in [-0.39, 0.29) is 17.9 Å². The maximum absolute atomic E-state index is 11.5. The lowest BCUT2D eigenvalue weighted by atomic mass is 10.0. The Morgan fingerprint density at radius 3 is 2.56 bits per heavy atom. The number of hydrogen-bond donors (Lipinski definition) is 1. The molecule has 5 heteroatoms. The van der Waals surface area contributed by atoms with Crippen LogP contribution < -0.4 is 5.32 Å². The molecular formula is C13H27N3O2. The van der Waals surface area contributed by atoms with Gasteiger partial charge < -0.3 is 15.0 Å². The molecule has 106 valence electrons. The number of hydrogen-bond acceptors (Lipinski definition) is 5. The molecule has 2 unspecified atom stereocenters. The van der Waals surface area contributed by atoms with Crippen LogP contribution in [0.3, 0.4) is 0 Å². The highest BCUT2D eigenvalue weighted by Gasteiger charge is 2.24. The molecule has 1 saturated heterocycles. The Labute approximate surface area is 110 Å². The van der Waals surface area contributed by atoms with Gasteiger partial charge in [0.2, 0.25) is 0 Å². The number of carbonyl (C=O) groups is 1. The predicted molar refractivity (Wildman–Crippen MR) is 72.6 cm³/mol. The van der Waals surface area contributed by atoms with Gasteiger partial charge in [0.05, 0.1) is 13.0 Å². The van der Waals surface area contributed by atoms with E-state index in [1.54, 1.807) is 0 Å². The standard InChI is InChI=1S/C13H27N3O2/c1-11(13(17)18-4)12(2)15(3)9-10-16-7-5-14-6-8-16/h11-12,14H,5-10H2,1-4H3. The summed E-state index contributed by atoms with van der Waals surface area (Å²) in [7, 11) is 3.53. The fourth-order valence-electron chi connectivity index (χ4n) is 2.20. The molecule has 0 saturated carbocycles. The number of piperazine rings is 1. The Kier molecular flexibility index (Phi) is 6.60. The normalized spacial score (nSPS) is 20.7. The number of ether oxygens (including phenoxy) is 1. The lowest BCUT2D eigenvalue weighted by Gasteiger charge is -2.32. The third-order valence-electron chi connectivity index (χ3n) is 3.97. The first-order chi connectivity index (χ1) is 8.56. The molecule has 1 heterocycles. The molecule has 0 aromatic carbocycles. The fourth-order valence-corrected chi connectivity index (χ4v) is 2.20. The van der Waals surface area contributed by atoms with Gasteiger partial charge >= 0.3 is 5.97 Å². The second-order valence-electron chi connectivity index (χ2n) is 5.12. The lowest BCUT2D eigenvalue weighted by molar-refractivity contribution is -0.146. The SMILES string of the molecule is COC(=O)C(C)C(C)N(C)CCN1CCNCC1. The van der Waals surface area contributed by atoms with Gasteiger partial charge in [-0.15, -0.1) is 0 Å². The summed E-state index contributed by atoms with van der Waals surface area (Å²) >= 11 is 0. The Hall–Kier alpha value is -0.650. The first-order valence-corrected chi connectivity index (χ1v) is 6.77. The van der Waals surface area contributed by atoms with E-state index in [4.69, 9.17) is 4.74 Å². The molecule has 0 bridgehead atoms. The van der Waals surface area contributed by atoms with Crippen molar-refractivity contribution in [3.05, 3.63) is 0 Å². The number of likely N-dealkylation sites (N-methyl/N-ethyl adjacent to an activating group) is 1. The van der Waals surface area contributed by atoms with Crippen molar-refractivity contribution < 1.29 is 9.53 Å². The van der Waals surface area contributed by atoms with Crippen molar-refractivity contribution in [1.82, 2.24) is 15.1 Å². The molecule has 1 fully saturated rings. The van der Waals surface area contributed by atoms with E-state index >= 15 is 0 Å². The number of carbonyl (C=O) groups excluding carboxylic acids is 1. The van der Waals surface area contributed by atoms with Crippen LogP contribution >= 0.6 is 0 Å². The van der Waals surface area contributed by atoms with Gasteiger partial charge in [0.25, 0.3) is 0 Å². The average molecular weight is 257 g/mol. The molecule has 1 rings (SSSR count). The molecule has 0 aromatic rings. The molecule has 0 radical (unpaired) electrons. The highest BCUT2D eigenvalue weighted by molar-refractivity contribution is 5.72. The summed E-state index contributed by atoms with van der Waals surface area (Å²) in [5, 5.41) is 3.35. The van der Waals surface area contributed by atoms with Crippen LogP contribution in [0.25, 0.3) is 0 Å². The molecule has 2 atom stereocenters. The van der Waals surface area contributed by atoms with Gasteiger partial charge in [0.15, 0.2) is 0 Å². The summed E-state index contributed by atoms with van der Waals surface area (Å²) in [6, 6.07) is 0.209. The second kappa shape index (κ2) is 7.71. The molecule has 1 aliphatic heterocycles. The van der Waals surface area contributed by atoms with Crippen LogP contribution in [0.4, 0.5) is 0 Å². The number of esters is 1. The van der Waals surface area contributed by atoms with Crippen LogP contribution in [0.1, 0.15) is 13.8 Å². The minimum absolute atomic E-state index is 0.0805. The van der Waals surface area contributed by atoms with E-state index in [0.29, 0.717) is 0 Å². The fraction of sp³-hybridized carbons (Fsp3) is 0.923. The third-order valence-corrected chi connectivity index (χ3v) is 3.97. The quantitative estimate of drug-likeness (QED) is 0.680. The lowest BCUT2D eigenvalue weighted by Crippen LogP contribution is -2.47. The highest BCUT2D eigenvalue weighted by atomic mass is 16.5. The molecule has 0 spiro atoms. The summed E-state index contributed by atoms with van der Waals surface area (Å²) in [5.41, 5.74) is 0. The highest BCUT2D eigenvalue weighted by Crippen LogP contribution is 2.10. The maximum Gasteiger partial charge on any atom is 0.309 e. The van der Waals surface area contributed by atoms with Gasteiger partial charge in [-0.1, -0.05) is 6.92 Å². The van der Waals surface area contributed by atoms with Gasteiger partial charge in [-0.3, -0.25) is 9.69 Å². The van der Waals surface area contributed by atoms with E-state index < -0.39 is 0 Å². The monoisotopic (exact) mass is 257 g/mol. The molecule has 0 aromatic heterocycles. The summed E-state index contributed by atoms with van der Waals surface area (Å²) in [6.45, 7) is 10.5. The van der Waals surface area contributed by atoms with Crippen molar-refractivity contribution in [2.24, 2.45) is 5.92 Å². The Balaban J connectivity index is 2.30. The number of nitrogens with one attached hydrogen (secondary N) is 1. The van der Waals surface area contributed by atoms with Gasteiger partial charge in [-0.25, -0.2) is 0 Å². The Bertz CT molecular complexity index is 255. The van der Waals surface area contributed by atoms with Crippen LogP contribution in [-0.4, -0.2) is 75.2 Å². The predicted octanol–water partition coefficient (Wildman–Crippen LogP) is 0.0210. The topological polar surface area (TPSA) is 44.8 Å². The number of rotatable bonds is 6. The minimum atomic E-state index is -0.128. The van der Waals surface area contributed by atoms with Crippen LogP contribution in [-0.2, 0) is 9.53 Å². The minimum Gasteiger partial charge on any atom is -0.469 e. The van der Waals surface area contributed by atoms with E-state index in [0.717, 1.165) is 39.3 Å². The smallest absolute Gasteiger partial charge is 0.309 e. The number of nitrogens with zero attached hydrogens (tertiary/aromatic N) is 2. The zero-order valence-electron chi connectivity index (χ0n) is 12.1. The molecule has 0 aliphatic carbocycles. The van der Waals surface area contributed by atoms with E-state index in [1.807, 2.05) is 6.92 Å². The van der Waals surface area contributed by atoms with Crippen molar-refractivity contribution in [1.29, 1.82) is 0 Å². The molecule has 1 aliphatic rings. The first kappa shape index (κ1) is 15.4. The Morgan fingerprint density at radius 1 is 1.39 bits per heavy atom. The molecule has 18 heavy (non-hydrogen) atoms. The van der Waals surface area contributed by atoms with Crippen LogP contribution in [0, 0.1) is 5.92 Å². The van der Waals surface area contributed by atoms with Gasteiger partial charge in [-0.2, -0.15) is 0 Å². The second-order valence-corrected chi connectivity index (χ2v) is 5.12. The van der Waals surface area contributed by atoms with Gasteiger partial charge in [-0.05, 0) is 14.0 Å². The average Bonchev–Trinajstić information content (AvgIpc) is 2.43. The van der Waals surface area contributed by atoms with Crippen molar-refractivity contribution in [3.63, 3.8) is 0 Å². The van der Waals surface area contributed by atoms with Crippen molar-refractivity contribution in [2.75, 3.05) is 53.4 Å². The molecular weight excluding hydrogens is 230 g/mol. The van der Waals surface area contributed by atoms with Crippen LogP contribution in [0.2, 0.25) is 0 Å².